The highest BCUT2D eigenvalue weighted by molar-refractivity contribution is 9.10. The Morgan fingerprint density at radius 3 is 2.21 bits per heavy atom. The first kappa shape index (κ1) is 25.5. The lowest BCUT2D eigenvalue weighted by Crippen LogP contribution is -2.36. The van der Waals surface area contributed by atoms with Crippen LogP contribution in [0.1, 0.15) is 36.8 Å². The summed E-state index contributed by atoms with van der Waals surface area (Å²) in [6.07, 6.45) is 7.42. The van der Waals surface area contributed by atoms with Crippen LogP contribution in [0.2, 0.25) is 5.02 Å². The summed E-state index contributed by atoms with van der Waals surface area (Å²) in [6, 6.07) is 12.5. The molecule has 1 atom stereocenters. The molecule has 2 aliphatic heterocycles. The van der Waals surface area contributed by atoms with Crippen LogP contribution in [0.15, 0.2) is 45.3 Å². The van der Waals surface area contributed by atoms with Gasteiger partial charge in [-0.3, -0.25) is 0 Å². The second kappa shape index (κ2) is 12.4. The van der Waals surface area contributed by atoms with Gasteiger partial charge in [-0.1, -0.05) is 43.5 Å². The molecule has 2 aromatic carbocycles. The van der Waals surface area contributed by atoms with Gasteiger partial charge in [-0.15, -0.1) is 0 Å². The lowest BCUT2D eigenvalue weighted by molar-refractivity contribution is 0.174. The third-order valence-corrected chi connectivity index (χ3v) is 9.09. The number of methoxy groups -OCH3 is 1. The van der Waals surface area contributed by atoms with Crippen molar-refractivity contribution in [3.05, 3.63) is 61.5 Å². The maximum Gasteiger partial charge on any atom is 0.119 e. The number of benzene rings is 2. The molecule has 0 aliphatic carbocycles. The summed E-state index contributed by atoms with van der Waals surface area (Å²) in [5.74, 6) is 2.47. The van der Waals surface area contributed by atoms with Crippen LogP contribution in [-0.4, -0.2) is 56.2 Å². The highest BCUT2D eigenvalue weighted by atomic mass is 79.9. The third kappa shape index (κ3) is 7.44. The number of rotatable bonds is 9. The van der Waals surface area contributed by atoms with E-state index in [0.29, 0.717) is 0 Å². The Hall–Kier alpha value is -0.590. The molecule has 2 aliphatic rings. The fourth-order valence-corrected chi connectivity index (χ4v) is 6.38. The fraction of sp³-hybridized carbons (Fsp3) is 0.556. The molecule has 2 fully saturated rings. The number of nitrogens with zero attached hydrogens (tertiary/aromatic N) is 2. The summed E-state index contributed by atoms with van der Waals surface area (Å²) in [6.45, 7) is 7.38. The standard InChI is InChI=1S/C27H35Br2ClN2O/c1-33-25-4-6-27(29)23(18-25)16-21-9-14-32(19-21)11-2-10-31-12-7-20(8-13-31)15-22-17-24(30)3-5-26(22)28/h3-6,17-18,20-21H,2,7-16,19H2,1H3. The van der Waals surface area contributed by atoms with Crippen LogP contribution in [0.4, 0.5) is 0 Å². The van der Waals surface area contributed by atoms with Gasteiger partial charge in [0.05, 0.1) is 7.11 Å². The molecule has 0 bridgehead atoms. The lowest BCUT2D eigenvalue weighted by atomic mass is 9.90. The first-order valence-electron chi connectivity index (χ1n) is 12.2. The van der Waals surface area contributed by atoms with Gasteiger partial charge in [-0.2, -0.15) is 0 Å². The number of hydrogen-bond acceptors (Lipinski definition) is 3. The van der Waals surface area contributed by atoms with Crippen molar-refractivity contribution in [3.63, 3.8) is 0 Å². The molecule has 2 aromatic rings. The van der Waals surface area contributed by atoms with Crippen LogP contribution in [0.25, 0.3) is 0 Å². The van der Waals surface area contributed by atoms with Crippen molar-refractivity contribution in [2.75, 3.05) is 46.4 Å². The Bertz CT molecular complexity index is 917. The van der Waals surface area contributed by atoms with Gasteiger partial charge in [0.15, 0.2) is 0 Å². The SMILES string of the molecule is COc1ccc(Br)c(CC2CCN(CCCN3CCC(Cc4cc(Cl)ccc4Br)CC3)C2)c1. The molecule has 2 saturated heterocycles. The lowest BCUT2D eigenvalue weighted by Gasteiger charge is -2.32. The predicted octanol–water partition coefficient (Wildman–Crippen LogP) is 7.08. The van der Waals surface area contributed by atoms with Crippen LogP contribution in [0.3, 0.4) is 0 Å². The first-order valence-corrected chi connectivity index (χ1v) is 14.2. The van der Waals surface area contributed by atoms with Crippen LogP contribution in [-0.2, 0) is 12.8 Å². The number of piperidine rings is 1. The smallest absolute Gasteiger partial charge is 0.119 e. The maximum absolute atomic E-state index is 6.20. The van der Waals surface area contributed by atoms with Gasteiger partial charge in [-0.05, 0) is 131 Å². The van der Waals surface area contributed by atoms with E-state index in [0.717, 1.165) is 35.4 Å². The Labute approximate surface area is 221 Å². The summed E-state index contributed by atoms with van der Waals surface area (Å²) in [4.78, 5) is 5.34. The maximum atomic E-state index is 6.20. The zero-order chi connectivity index (χ0) is 23.2. The van der Waals surface area contributed by atoms with Crippen LogP contribution in [0, 0.1) is 11.8 Å². The summed E-state index contributed by atoms with van der Waals surface area (Å²) >= 11 is 13.6. The zero-order valence-corrected chi connectivity index (χ0v) is 23.5. The van der Waals surface area contributed by atoms with Gasteiger partial charge < -0.3 is 14.5 Å². The van der Waals surface area contributed by atoms with E-state index in [1.807, 2.05) is 12.1 Å². The highest BCUT2D eigenvalue weighted by Crippen LogP contribution is 2.29. The molecule has 4 rings (SSSR count). The number of likely N-dealkylation sites (tertiary alicyclic amines) is 2. The Morgan fingerprint density at radius 1 is 0.848 bits per heavy atom. The van der Waals surface area contributed by atoms with Crippen LogP contribution in [0.5, 0.6) is 5.75 Å². The molecule has 0 aromatic heterocycles. The normalized spacial score (nSPS) is 20.4. The van der Waals surface area contributed by atoms with Crippen LogP contribution < -0.4 is 4.74 Å². The van der Waals surface area contributed by atoms with Gasteiger partial charge in [0, 0.05) is 20.5 Å². The summed E-state index contributed by atoms with van der Waals surface area (Å²) in [7, 11) is 1.74. The number of hydrogen-bond donors (Lipinski definition) is 0. The van der Waals surface area contributed by atoms with Gasteiger partial charge in [-0.25, -0.2) is 0 Å². The first-order chi connectivity index (χ1) is 16.0. The molecule has 0 amide bonds. The molecule has 0 N–H and O–H groups in total. The fourth-order valence-electron chi connectivity index (χ4n) is 5.37. The zero-order valence-electron chi connectivity index (χ0n) is 19.5. The largest absolute Gasteiger partial charge is 0.497 e. The molecular formula is C27H35Br2ClN2O. The molecule has 0 spiro atoms. The van der Waals surface area contributed by atoms with Crippen molar-refractivity contribution in [2.45, 2.75) is 38.5 Å². The Morgan fingerprint density at radius 2 is 1.45 bits per heavy atom. The Balaban J connectivity index is 1.14. The molecule has 2 heterocycles. The van der Waals surface area contributed by atoms with Crippen molar-refractivity contribution in [1.82, 2.24) is 9.80 Å². The molecule has 0 radical (unpaired) electrons. The van der Waals surface area contributed by atoms with Crippen molar-refractivity contribution in [1.29, 1.82) is 0 Å². The highest BCUT2D eigenvalue weighted by Gasteiger charge is 2.24. The second-order valence-electron chi connectivity index (χ2n) is 9.70. The van der Waals surface area contributed by atoms with Crippen molar-refractivity contribution >= 4 is 43.5 Å². The van der Waals surface area contributed by atoms with E-state index in [-0.39, 0.29) is 0 Å². The van der Waals surface area contributed by atoms with E-state index in [1.54, 1.807) is 7.11 Å². The van der Waals surface area contributed by atoms with Gasteiger partial charge in [0.25, 0.3) is 0 Å². The predicted molar refractivity (Wildman–Crippen MR) is 146 cm³/mol. The minimum Gasteiger partial charge on any atom is -0.497 e. The Kier molecular flexibility index (Phi) is 9.58. The van der Waals surface area contributed by atoms with E-state index in [9.17, 15) is 0 Å². The molecule has 1 unspecified atom stereocenters. The number of halogens is 3. The van der Waals surface area contributed by atoms with E-state index < -0.39 is 0 Å². The third-order valence-electron chi connectivity index (χ3n) is 7.30. The van der Waals surface area contributed by atoms with Gasteiger partial charge in [0.1, 0.15) is 5.75 Å². The van der Waals surface area contributed by atoms with E-state index in [4.69, 9.17) is 16.3 Å². The number of ether oxygens (including phenoxy) is 1. The second-order valence-corrected chi connectivity index (χ2v) is 11.8. The van der Waals surface area contributed by atoms with Crippen LogP contribution >= 0.6 is 43.5 Å². The monoisotopic (exact) mass is 596 g/mol. The van der Waals surface area contributed by atoms with Gasteiger partial charge in [0.2, 0.25) is 0 Å². The average Bonchev–Trinajstić information content (AvgIpc) is 3.26. The molecule has 0 saturated carbocycles. The quantitative estimate of drug-likeness (QED) is 0.307. The molecule has 33 heavy (non-hydrogen) atoms. The van der Waals surface area contributed by atoms with Crippen molar-refractivity contribution in [2.24, 2.45) is 11.8 Å². The van der Waals surface area contributed by atoms with E-state index in [2.05, 4.69) is 65.9 Å². The van der Waals surface area contributed by atoms with Crippen molar-refractivity contribution in [3.8, 4) is 5.75 Å². The molecule has 6 heteroatoms. The summed E-state index contributed by atoms with van der Waals surface area (Å²) in [5.41, 5.74) is 2.72. The topological polar surface area (TPSA) is 15.7 Å². The molecule has 180 valence electrons. The minimum atomic E-state index is 0.745. The summed E-state index contributed by atoms with van der Waals surface area (Å²) in [5, 5.41) is 0.839. The minimum absolute atomic E-state index is 0.745. The molecular weight excluding hydrogens is 564 g/mol. The van der Waals surface area contributed by atoms with E-state index in [1.165, 1.54) is 85.0 Å². The average molecular weight is 599 g/mol. The van der Waals surface area contributed by atoms with E-state index >= 15 is 0 Å². The summed E-state index contributed by atoms with van der Waals surface area (Å²) < 4.78 is 7.80. The molecule has 3 nitrogen and oxygen atoms in total. The van der Waals surface area contributed by atoms with Crippen molar-refractivity contribution < 1.29 is 4.74 Å². The van der Waals surface area contributed by atoms with Gasteiger partial charge >= 0.3 is 0 Å².